The molecule has 2 heterocycles. The zero-order valence-electron chi connectivity index (χ0n) is 20.5. The van der Waals surface area contributed by atoms with Crippen LogP contribution in [0.25, 0.3) is 16.8 Å². The Kier molecular flexibility index (Phi) is 8.13. The molecule has 0 saturated heterocycles. The standard InChI is InChI=1S/C28H24N4O3S2/c1-4-35-28(34)23-18(3)24(25(33)31-21-8-6-5-7-9-21)37-27(23)30-15-20(14-29)26-32-22(16-36-26)19-12-10-17(2)11-13-19/h5-13,15-16,30H,4H2,1-3H3,(H,31,33). The van der Waals surface area contributed by atoms with Crippen LogP contribution in [-0.4, -0.2) is 23.5 Å². The fourth-order valence-electron chi connectivity index (χ4n) is 3.52. The predicted molar refractivity (Wildman–Crippen MR) is 149 cm³/mol. The van der Waals surface area contributed by atoms with E-state index in [0.717, 1.165) is 28.2 Å². The second-order valence-corrected chi connectivity index (χ2v) is 9.90. The number of amides is 1. The van der Waals surface area contributed by atoms with Crippen LogP contribution in [0.4, 0.5) is 10.7 Å². The highest BCUT2D eigenvalue weighted by atomic mass is 32.1. The van der Waals surface area contributed by atoms with Crippen molar-refractivity contribution in [2.75, 3.05) is 17.2 Å². The first kappa shape index (κ1) is 25.8. The summed E-state index contributed by atoms with van der Waals surface area (Å²) in [6, 6.07) is 19.3. The molecule has 186 valence electrons. The molecule has 0 atom stereocenters. The van der Waals surface area contributed by atoms with Gasteiger partial charge >= 0.3 is 5.97 Å². The molecule has 7 nitrogen and oxygen atoms in total. The van der Waals surface area contributed by atoms with E-state index < -0.39 is 5.97 Å². The van der Waals surface area contributed by atoms with E-state index in [1.54, 1.807) is 26.0 Å². The number of anilines is 2. The number of thiophene rings is 1. The number of thiazole rings is 1. The van der Waals surface area contributed by atoms with E-state index in [1.807, 2.05) is 54.8 Å². The molecule has 0 spiro atoms. The number of allylic oxidation sites excluding steroid dienone is 1. The molecule has 9 heteroatoms. The fraction of sp³-hybridized carbons (Fsp3) is 0.143. The maximum atomic E-state index is 13.0. The Morgan fingerprint density at radius 3 is 2.51 bits per heavy atom. The Labute approximate surface area is 223 Å². The molecular weight excluding hydrogens is 504 g/mol. The molecule has 37 heavy (non-hydrogen) atoms. The third-order valence-electron chi connectivity index (χ3n) is 5.41. The molecule has 0 unspecified atom stereocenters. The van der Waals surface area contributed by atoms with Crippen molar-refractivity contribution in [3.8, 4) is 17.3 Å². The van der Waals surface area contributed by atoms with Gasteiger partial charge in [0.05, 0.1) is 22.7 Å². The number of aromatic nitrogens is 1. The zero-order chi connectivity index (χ0) is 26.4. The van der Waals surface area contributed by atoms with Crippen LogP contribution in [0.5, 0.6) is 0 Å². The lowest BCUT2D eigenvalue weighted by atomic mass is 10.1. The summed E-state index contributed by atoms with van der Waals surface area (Å²) in [7, 11) is 0. The van der Waals surface area contributed by atoms with Gasteiger partial charge in [-0.3, -0.25) is 4.79 Å². The van der Waals surface area contributed by atoms with Gasteiger partial charge in [-0.2, -0.15) is 5.26 Å². The number of esters is 1. The summed E-state index contributed by atoms with van der Waals surface area (Å²) in [4.78, 5) is 30.8. The summed E-state index contributed by atoms with van der Waals surface area (Å²) in [6.45, 7) is 5.64. The topological polar surface area (TPSA) is 104 Å². The number of nitrogens with one attached hydrogen (secondary N) is 2. The minimum absolute atomic E-state index is 0.194. The molecule has 2 aromatic carbocycles. The number of benzene rings is 2. The van der Waals surface area contributed by atoms with Crippen LogP contribution in [0.15, 0.2) is 66.2 Å². The van der Waals surface area contributed by atoms with Gasteiger partial charge in [0, 0.05) is 22.8 Å². The first-order valence-corrected chi connectivity index (χ1v) is 13.2. The summed E-state index contributed by atoms with van der Waals surface area (Å²) >= 11 is 2.48. The lowest BCUT2D eigenvalue weighted by Gasteiger charge is -2.06. The lowest BCUT2D eigenvalue weighted by molar-refractivity contribution is 0.0527. The number of hydrogen-bond acceptors (Lipinski definition) is 8. The van der Waals surface area contributed by atoms with Crippen LogP contribution >= 0.6 is 22.7 Å². The smallest absolute Gasteiger partial charge is 0.341 e. The molecule has 2 aromatic heterocycles. The van der Waals surface area contributed by atoms with E-state index in [9.17, 15) is 14.9 Å². The largest absolute Gasteiger partial charge is 0.462 e. The van der Waals surface area contributed by atoms with Gasteiger partial charge < -0.3 is 15.4 Å². The van der Waals surface area contributed by atoms with E-state index in [-0.39, 0.29) is 18.1 Å². The van der Waals surface area contributed by atoms with Gasteiger partial charge in [-0.25, -0.2) is 9.78 Å². The SMILES string of the molecule is CCOC(=O)c1c(NC=C(C#N)c2nc(-c3ccc(C)cc3)cs2)sc(C(=O)Nc2ccccc2)c1C. The number of aryl methyl sites for hydroxylation is 1. The Bertz CT molecular complexity index is 1500. The van der Waals surface area contributed by atoms with Crippen molar-refractivity contribution in [1.82, 2.24) is 4.98 Å². The predicted octanol–water partition coefficient (Wildman–Crippen LogP) is 6.89. The number of carbonyl (C=O) groups excluding carboxylic acids is 2. The molecule has 0 fully saturated rings. The van der Waals surface area contributed by atoms with Crippen LogP contribution < -0.4 is 10.6 Å². The van der Waals surface area contributed by atoms with E-state index in [1.165, 1.54) is 17.5 Å². The minimum Gasteiger partial charge on any atom is -0.462 e. The van der Waals surface area contributed by atoms with E-state index in [0.29, 0.717) is 31.7 Å². The fourth-order valence-corrected chi connectivity index (χ4v) is 5.38. The number of para-hydroxylation sites is 1. The number of ether oxygens (including phenoxy) is 1. The van der Waals surface area contributed by atoms with Crippen molar-refractivity contribution in [2.24, 2.45) is 0 Å². The van der Waals surface area contributed by atoms with Gasteiger partial charge in [0.2, 0.25) is 0 Å². The Hall–Kier alpha value is -4.26. The lowest BCUT2D eigenvalue weighted by Crippen LogP contribution is -2.12. The van der Waals surface area contributed by atoms with Crippen LogP contribution in [0.2, 0.25) is 0 Å². The molecule has 4 aromatic rings. The van der Waals surface area contributed by atoms with Crippen molar-refractivity contribution in [1.29, 1.82) is 5.26 Å². The maximum absolute atomic E-state index is 13.0. The van der Waals surface area contributed by atoms with Crippen LogP contribution in [0, 0.1) is 25.2 Å². The first-order chi connectivity index (χ1) is 17.9. The van der Waals surface area contributed by atoms with Gasteiger partial charge in [0.1, 0.15) is 21.7 Å². The van der Waals surface area contributed by atoms with Gasteiger partial charge in [-0.1, -0.05) is 48.0 Å². The Morgan fingerprint density at radius 1 is 1.11 bits per heavy atom. The van der Waals surface area contributed by atoms with Crippen LogP contribution in [0.3, 0.4) is 0 Å². The quantitative estimate of drug-likeness (QED) is 0.191. The molecule has 0 aliphatic carbocycles. The Morgan fingerprint density at radius 2 is 1.84 bits per heavy atom. The zero-order valence-corrected chi connectivity index (χ0v) is 22.1. The van der Waals surface area contributed by atoms with Crippen molar-refractivity contribution in [3.63, 3.8) is 0 Å². The number of hydrogen-bond donors (Lipinski definition) is 2. The Balaban J connectivity index is 1.63. The summed E-state index contributed by atoms with van der Waals surface area (Å²) in [6.07, 6.45) is 1.50. The summed E-state index contributed by atoms with van der Waals surface area (Å²) in [5.41, 5.74) is 4.61. The molecule has 0 aliphatic heterocycles. The third kappa shape index (κ3) is 5.94. The van der Waals surface area contributed by atoms with E-state index in [4.69, 9.17) is 4.74 Å². The van der Waals surface area contributed by atoms with Crippen molar-refractivity contribution >= 4 is 50.8 Å². The maximum Gasteiger partial charge on any atom is 0.341 e. The van der Waals surface area contributed by atoms with Crippen molar-refractivity contribution < 1.29 is 14.3 Å². The van der Waals surface area contributed by atoms with Crippen molar-refractivity contribution in [3.05, 3.63) is 92.8 Å². The van der Waals surface area contributed by atoms with Gasteiger partial charge in [0.15, 0.2) is 0 Å². The van der Waals surface area contributed by atoms with Crippen LogP contribution in [-0.2, 0) is 4.74 Å². The number of carbonyl (C=O) groups is 2. The number of rotatable bonds is 8. The highest BCUT2D eigenvalue weighted by Crippen LogP contribution is 2.35. The summed E-state index contributed by atoms with van der Waals surface area (Å²) in [5.74, 6) is -0.875. The van der Waals surface area contributed by atoms with Crippen molar-refractivity contribution in [2.45, 2.75) is 20.8 Å². The minimum atomic E-state index is -0.541. The molecule has 0 saturated carbocycles. The van der Waals surface area contributed by atoms with Gasteiger partial charge in [-0.15, -0.1) is 22.7 Å². The highest BCUT2D eigenvalue weighted by molar-refractivity contribution is 7.18. The van der Waals surface area contributed by atoms with Crippen LogP contribution in [0.1, 0.15) is 43.1 Å². The summed E-state index contributed by atoms with van der Waals surface area (Å²) in [5, 5.41) is 18.6. The molecule has 4 rings (SSSR count). The molecular formula is C28H24N4O3S2. The monoisotopic (exact) mass is 528 g/mol. The molecule has 0 bridgehead atoms. The summed E-state index contributed by atoms with van der Waals surface area (Å²) < 4.78 is 5.24. The normalized spacial score (nSPS) is 11.0. The van der Waals surface area contributed by atoms with E-state index in [2.05, 4.69) is 21.7 Å². The van der Waals surface area contributed by atoms with E-state index >= 15 is 0 Å². The number of nitriles is 1. The first-order valence-electron chi connectivity index (χ1n) is 11.5. The third-order valence-corrected chi connectivity index (χ3v) is 7.51. The molecule has 0 aliphatic rings. The second-order valence-electron chi connectivity index (χ2n) is 8.02. The average molecular weight is 529 g/mol. The molecule has 0 radical (unpaired) electrons. The number of nitrogens with zero attached hydrogens (tertiary/aromatic N) is 2. The van der Waals surface area contributed by atoms with Gasteiger partial charge in [-0.05, 0) is 38.5 Å². The second kappa shape index (κ2) is 11.6. The molecule has 1 amide bonds. The molecule has 2 N–H and O–H groups in total. The highest BCUT2D eigenvalue weighted by Gasteiger charge is 2.25. The van der Waals surface area contributed by atoms with Gasteiger partial charge in [0.25, 0.3) is 5.91 Å². The average Bonchev–Trinajstić information content (AvgIpc) is 3.51.